The molecule has 0 fully saturated rings. The quantitative estimate of drug-likeness (QED) is 0.233. The van der Waals surface area contributed by atoms with Crippen LogP contribution in [0.15, 0.2) is 0 Å². The van der Waals surface area contributed by atoms with Crippen molar-refractivity contribution >= 4 is 6.09 Å². The van der Waals surface area contributed by atoms with E-state index in [2.05, 4.69) is 10.5 Å². The first-order chi connectivity index (χ1) is 4.67. The van der Waals surface area contributed by atoms with Crippen molar-refractivity contribution in [1.82, 2.24) is 0 Å². The van der Waals surface area contributed by atoms with Crippen molar-refractivity contribution in [3.63, 3.8) is 0 Å². The molecule has 0 heterocycles. The van der Waals surface area contributed by atoms with Crippen LogP contribution >= 0.6 is 0 Å². The van der Waals surface area contributed by atoms with Crippen molar-refractivity contribution < 1.29 is 35.1 Å². The summed E-state index contributed by atoms with van der Waals surface area (Å²) in [5.41, 5.74) is 4.26. The van der Waals surface area contributed by atoms with Gasteiger partial charge in [-0.3, -0.25) is 0 Å². The number of hydrogen-bond donors (Lipinski definition) is 6. The molecule has 0 aliphatic carbocycles. The second-order valence-corrected chi connectivity index (χ2v) is 1.66. The monoisotopic (exact) mass is 169 g/mol. The summed E-state index contributed by atoms with van der Waals surface area (Å²) in [7, 11) is 0. The van der Waals surface area contributed by atoms with E-state index in [0.29, 0.717) is 0 Å². The Labute approximate surface area is 60.1 Å². The fraction of sp³-hybridized carbons (Fsp3) is 0.667. The van der Waals surface area contributed by atoms with E-state index < -0.39 is 18.0 Å². The molecule has 0 atom stereocenters. The molecule has 11 heavy (non-hydrogen) atoms. The zero-order valence-electron chi connectivity index (χ0n) is 5.13. The van der Waals surface area contributed by atoms with Gasteiger partial charge in [-0.1, -0.05) is 0 Å². The third kappa shape index (κ3) is 2.65. The first-order valence-corrected chi connectivity index (χ1v) is 2.27. The summed E-state index contributed by atoms with van der Waals surface area (Å²) in [4.78, 5) is 9.81. The fourth-order valence-corrected chi connectivity index (χ4v) is 0.209. The average molecular weight is 169 g/mol. The highest BCUT2D eigenvalue weighted by Crippen LogP contribution is 2.14. The Balaban J connectivity index is 4.34. The van der Waals surface area contributed by atoms with Crippen molar-refractivity contribution in [2.24, 2.45) is 5.73 Å². The molecule has 1 amide bonds. The molecule has 0 rings (SSSR count). The number of primary amides is 1. The molecule has 0 unspecified atom stereocenters. The maximum absolute atomic E-state index is 9.81. The Hall–Kier alpha value is -0.930. The van der Waals surface area contributed by atoms with Gasteiger partial charge in [-0.15, -0.1) is 0 Å². The third-order valence-corrected chi connectivity index (χ3v) is 0.680. The van der Waals surface area contributed by atoms with Crippen molar-refractivity contribution in [2.75, 3.05) is 0 Å². The molecule has 0 radical (unpaired) electrons. The van der Waals surface area contributed by atoms with Crippen molar-refractivity contribution in [2.45, 2.75) is 11.9 Å². The first kappa shape index (κ1) is 10.1. The number of ether oxygens (including phenoxy) is 1. The van der Waals surface area contributed by atoms with Crippen LogP contribution in [0.4, 0.5) is 4.79 Å². The first-order valence-electron chi connectivity index (χ1n) is 2.27. The van der Waals surface area contributed by atoms with Crippen LogP contribution in [-0.2, 0) is 4.74 Å². The molecular weight excluding hydrogens is 162 g/mol. The molecule has 0 aromatic rings. The van der Waals surface area contributed by atoms with Gasteiger partial charge in [0.25, 0.3) is 0 Å². The summed E-state index contributed by atoms with van der Waals surface area (Å²) in [5.74, 6) is -7.83. The predicted molar refractivity (Wildman–Crippen MR) is 27.2 cm³/mol. The number of amides is 1. The number of rotatable bonds is 2. The Bertz CT molecular complexity index is 158. The molecule has 0 saturated heterocycles. The van der Waals surface area contributed by atoms with E-state index in [4.69, 9.17) is 25.5 Å². The van der Waals surface area contributed by atoms with Gasteiger partial charge in [0.05, 0.1) is 0 Å². The van der Waals surface area contributed by atoms with E-state index in [1.54, 1.807) is 0 Å². The van der Waals surface area contributed by atoms with Crippen molar-refractivity contribution in [3.05, 3.63) is 0 Å². The zero-order valence-corrected chi connectivity index (χ0v) is 5.13. The molecule has 0 spiro atoms. The molecule has 66 valence electrons. The summed E-state index contributed by atoms with van der Waals surface area (Å²) in [5, 5.41) is 40.8. The second kappa shape index (κ2) is 2.60. The van der Waals surface area contributed by atoms with Gasteiger partial charge in [0.2, 0.25) is 0 Å². The number of carbonyl (C=O) groups excluding carboxylic acids is 1. The lowest BCUT2D eigenvalue weighted by molar-refractivity contribution is -0.508. The van der Waals surface area contributed by atoms with Crippen LogP contribution in [0.1, 0.15) is 0 Å². The maximum Gasteiger partial charge on any atom is 0.412 e. The van der Waals surface area contributed by atoms with E-state index >= 15 is 0 Å². The maximum atomic E-state index is 9.81. The Kier molecular flexibility index (Phi) is 2.38. The van der Waals surface area contributed by atoms with E-state index in [1.807, 2.05) is 0 Å². The standard InChI is InChI=1S/C3H7NO7/c4-1(5)11-3(9,10)2(6,7)8/h6-10H,(H2,4,5). The molecular formula is C3H7NO7. The van der Waals surface area contributed by atoms with Gasteiger partial charge in [0.1, 0.15) is 0 Å². The molecule has 0 aromatic heterocycles. The van der Waals surface area contributed by atoms with Crippen LogP contribution in [0, 0.1) is 0 Å². The summed E-state index contributed by atoms with van der Waals surface area (Å²) in [6.45, 7) is 0. The van der Waals surface area contributed by atoms with E-state index in [0.717, 1.165) is 0 Å². The van der Waals surface area contributed by atoms with Gasteiger partial charge in [-0.05, 0) is 0 Å². The molecule has 0 saturated carbocycles. The molecule has 0 aliphatic rings. The van der Waals surface area contributed by atoms with Crippen LogP contribution in [0.2, 0.25) is 0 Å². The number of nitrogens with two attached hydrogens (primary N) is 1. The zero-order chi connectivity index (χ0) is 9.28. The summed E-state index contributed by atoms with van der Waals surface area (Å²) in [6, 6.07) is 0. The minimum atomic E-state index is -3.98. The lowest BCUT2D eigenvalue weighted by Crippen LogP contribution is -2.57. The molecule has 0 aromatic carbocycles. The summed E-state index contributed by atoms with van der Waals surface area (Å²) >= 11 is 0. The highest BCUT2D eigenvalue weighted by Gasteiger charge is 2.51. The predicted octanol–water partition coefficient (Wildman–Crippen LogP) is -3.65. The second-order valence-electron chi connectivity index (χ2n) is 1.66. The molecule has 8 nitrogen and oxygen atoms in total. The van der Waals surface area contributed by atoms with Crippen LogP contribution in [0.3, 0.4) is 0 Å². The average Bonchev–Trinajstić information content (AvgIpc) is 1.56. The fourth-order valence-electron chi connectivity index (χ4n) is 0.209. The minimum absolute atomic E-state index is 1.70. The Morgan fingerprint density at radius 2 is 1.55 bits per heavy atom. The molecule has 8 heteroatoms. The van der Waals surface area contributed by atoms with Gasteiger partial charge >= 0.3 is 18.0 Å². The molecule has 7 N–H and O–H groups in total. The smallest absolute Gasteiger partial charge is 0.385 e. The number of hydrogen-bond acceptors (Lipinski definition) is 7. The largest absolute Gasteiger partial charge is 0.412 e. The molecule has 0 bridgehead atoms. The van der Waals surface area contributed by atoms with Gasteiger partial charge in [0.15, 0.2) is 0 Å². The number of aliphatic hydroxyl groups is 5. The highest BCUT2D eigenvalue weighted by atomic mass is 16.9. The van der Waals surface area contributed by atoms with E-state index in [9.17, 15) is 4.79 Å². The van der Waals surface area contributed by atoms with Gasteiger partial charge < -0.3 is 36.0 Å². The number of carbonyl (C=O) groups is 1. The van der Waals surface area contributed by atoms with Crippen LogP contribution in [0.25, 0.3) is 0 Å². The summed E-state index contributed by atoms with van der Waals surface area (Å²) < 4.78 is 3.30. The third-order valence-electron chi connectivity index (χ3n) is 0.680. The SMILES string of the molecule is NC(=O)OC(O)(O)C(O)(O)O. The van der Waals surface area contributed by atoms with Gasteiger partial charge in [0, 0.05) is 0 Å². The minimum Gasteiger partial charge on any atom is -0.385 e. The topological polar surface area (TPSA) is 153 Å². The normalized spacial score (nSPS) is 12.8. The lowest BCUT2D eigenvalue weighted by atomic mass is 10.5. The van der Waals surface area contributed by atoms with Gasteiger partial charge in [-0.2, -0.15) is 0 Å². The van der Waals surface area contributed by atoms with Crippen molar-refractivity contribution in [3.8, 4) is 0 Å². The Morgan fingerprint density at radius 3 is 1.64 bits per heavy atom. The molecule has 0 aliphatic heterocycles. The van der Waals surface area contributed by atoms with Crippen LogP contribution in [0.5, 0.6) is 0 Å². The van der Waals surface area contributed by atoms with Crippen LogP contribution < -0.4 is 5.73 Å². The van der Waals surface area contributed by atoms with Crippen LogP contribution in [-0.4, -0.2) is 43.6 Å². The van der Waals surface area contributed by atoms with E-state index in [-0.39, 0.29) is 0 Å². The lowest BCUT2D eigenvalue weighted by Gasteiger charge is -2.27. The van der Waals surface area contributed by atoms with Crippen molar-refractivity contribution in [1.29, 1.82) is 0 Å². The van der Waals surface area contributed by atoms with E-state index in [1.165, 1.54) is 0 Å². The van der Waals surface area contributed by atoms with Gasteiger partial charge in [-0.25, -0.2) is 4.79 Å². The summed E-state index contributed by atoms with van der Waals surface area (Å²) in [6.07, 6.45) is -1.70. The highest BCUT2D eigenvalue weighted by molar-refractivity contribution is 5.64. The Morgan fingerprint density at radius 1 is 1.18 bits per heavy atom.